The zero-order chi connectivity index (χ0) is 13.4. The van der Waals surface area contributed by atoms with Crippen molar-refractivity contribution in [3.8, 4) is 0 Å². The van der Waals surface area contributed by atoms with Crippen molar-refractivity contribution >= 4 is 11.7 Å². The minimum absolute atomic E-state index is 0.0307. The number of fused-ring (bicyclic) bond motifs is 1. The zero-order valence-corrected chi connectivity index (χ0v) is 10.6. The molecule has 1 aromatic carbocycles. The number of benzene rings is 1. The van der Waals surface area contributed by atoms with E-state index in [4.69, 9.17) is 5.73 Å². The molecule has 5 nitrogen and oxygen atoms in total. The van der Waals surface area contributed by atoms with Crippen molar-refractivity contribution in [1.29, 1.82) is 0 Å². The van der Waals surface area contributed by atoms with Crippen LogP contribution in [0, 0.1) is 5.82 Å². The first-order valence-corrected chi connectivity index (χ1v) is 6.44. The van der Waals surface area contributed by atoms with Gasteiger partial charge in [-0.25, -0.2) is 9.18 Å². The Kier molecular flexibility index (Phi) is 3.02. The molecule has 2 aliphatic heterocycles. The fraction of sp³-hybridized carbons (Fsp3) is 0.462. The van der Waals surface area contributed by atoms with E-state index in [2.05, 4.69) is 10.2 Å². The Labute approximate surface area is 111 Å². The maximum atomic E-state index is 13.4. The van der Waals surface area contributed by atoms with Crippen molar-refractivity contribution < 1.29 is 9.18 Å². The number of nitrogens with zero attached hydrogens (tertiary/aromatic N) is 2. The summed E-state index contributed by atoms with van der Waals surface area (Å²) in [6.45, 7) is 3.76. The summed E-state index contributed by atoms with van der Waals surface area (Å²) < 4.78 is 13.4. The van der Waals surface area contributed by atoms with Crippen molar-refractivity contribution in [3.05, 3.63) is 29.6 Å². The molecule has 2 fully saturated rings. The second-order valence-electron chi connectivity index (χ2n) is 5.12. The number of nitrogens with one attached hydrogen (secondary N) is 1. The molecule has 19 heavy (non-hydrogen) atoms. The molecule has 0 aromatic heterocycles. The van der Waals surface area contributed by atoms with Crippen molar-refractivity contribution in [2.45, 2.75) is 12.6 Å². The first-order valence-electron chi connectivity index (χ1n) is 6.44. The predicted octanol–water partition coefficient (Wildman–Crippen LogP) is 0.617. The van der Waals surface area contributed by atoms with E-state index in [1.165, 1.54) is 6.07 Å². The SMILES string of the molecule is Nc1ccc(CN2CCN3C(=O)NCC3C2)cc1F. The molecule has 2 heterocycles. The van der Waals surface area contributed by atoms with E-state index in [1.807, 2.05) is 11.0 Å². The quantitative estimate of drug-likeness (QED) is 0.770. The second-order valence-corrected chi connectivity index (χ2v) is 5.12. The van der Waals surface area contributed by atoms with Gasteiger partial charge in [0.05, 0.1) is 11.7 Å². The van der Waals surface area contributed by atoms with E-state index in [1.54, 1.807) is 6.07 Å². The van der Waals surface area contributed by atoms with Crippen LogP contribution in [0.15, 0.2) is 18.2 Å². The topological polar surface area (TPSA) is 61.6 Å². The highest BCUT2D eigenvalue weighted by Crippen LogP contribution is 2.18. The van der Waals surface area contributed by atoms with Crippen LogP contribution >= 0.6 is 0 Å². The van der Waals surface area contributed by atoms with Crippen LogP contribution in [0.2, 0.25) is 0 Å². The Bertz CT molecular complexity index is 507. The molecule has 2 aliphatic rings. The number of hydrogen-bond acceptors (Lipinski definition) is 3. The Morgan fingerprint density at radius 2 is 2.26 bits per heavy atom. The van der Waals surface area contributed by atoms with Crippen LogP contribution in [0.3, 0.4) is 0 Å². The van der Waals surface area contributed by atoms with Crippen molar-refractivity contribution in [2.75, 3.05) is 31.9 Å². The van der Waals surface area contributed by atoms with Gasteiger partial charge in [0.1, 0.15) is 5.82 Å². The standard InChI is InChI=1S/C13H17FN4O/c14-11-5-9(1-2-12(11)15)7-17-3-4-18-10(8-17)6-16-13(18)19/h1-2,5,10H,3-4,6-8,15H2,(H,16,19). The van der Waals surface area contributed by atoms with Crippen LogP contribution in [0.1, 0.15) is 5.56 Å². The average molecular weight is 264 g/mol. The molecule has 102 valence electrons. The van der Waals surface area contributed by atoms with E-state index in [0.29, 0.717) is 13.1 Å². The van der Waals surface area contributed by atoms with Crippen LogP contribution in [-0.2, 0) is 6.54 Å². The number of nitrogen functional groups attached to an aromatic ring is 1. The van der Waals surface area contributed by atoms with E-state index < -0.39 is 0 Å². The lowest BCUT2D eigenvalue weighted by Crippen LogP contribution is -2.51. The van der Waals surface area contributed by atoms with E-state index in [-0.39, 0.29) is 23.6 Å². The van der Waals surface area contributed by atoms with Gasteiger partial charge in [-0.05, 0) is 17.7 Å². The highest BCUT2D eigenvalue weighted by molar-refractivity contribution is 5.77. The lowest BCUT2D eigenvalue weighted by atomic mass is 10.1. The number of piperazine rings is 1. The van der Waals surface area contributed by atoms with Gasteiger partial charge in [-0.15, -0.1) is 0 Å². The second kappa shape index (κ2) is 4.70. The van der Waals surface area contributed by atoms with Crippen LogP contribution in [-0.4, -0.2) is 48.1 Å². The normalized spacial score (nSPS) is 23.3. The molecule has 0 radical (unpaired) electrons. The highest BCUT2D eigenvalue weighted by Gasteiger charge is 2.35. The molecular formula is C13H17FN4O. The maximum absolute atomic E-state index is 13.4. The molecule has 0 aliphatic carbocycles. The number of rotatable bonds is 2. The minimum atomic E-state index is -0.367. The summed E-state index contributed by atoms with van der Waals surface area (Å²) in [6.07, 6.45) is 0. The summed E-state index contributed by atoms with van der Waals surface area (Å²) in [5.74, 6) is -0.367. The fourth-order valence-electron chi connectivity index (χ4n) is 2.74. The minimum Gasteiger partial charge on any atom is -0.396 e. The van der Waals surface area contributed by atoms with Crippen molar-refractivity contribution in [2.24, 2.45) is 0 Å². The van der Waals surface area contributed by atoms with E-state index >= 15 is 0 Å². The van der Waals surface area contributed by atoms with Gasteiger partial charge in [-0.3, -0.25) is 4.90 Å². The third kappa shape index (κ3) is 2.35. The lowest BCUT2D eigenvalue weighted by Gasteiger charge is -2.36. The van der Waals surface area contributed by atoms with Crippen LogP contribution in [0.4, 0.5) is 14.9 Å². The molecule has 0 saturated carbocycles. The van der Waals surface area contributed by atoms with Gasteiger partial charge < -0.3 is 16.0 Å². The third-order valence-electron chi connectivity index (χ3n) is 3.79. The molecule has 0 spiro atoms. The largest absolute Gasteiger partial charge is 0.396 e. The first kappa shape index (κ1) is 12.2. The third-order valence-corrected chi connectivity index (χ3v) is 3.79. The number of carbonyl (C=O) groups is 1. The summed E-state index contributed by atoms with van der Waals surface area (Å²) in [4.78, 5) is 15.6. The van der Waals surface area contributed by atoms with Crippen LogP contribution in [0.5, 0.6) is 0 Å². The first-order chi connectivity index (χ1) is 9.13. The average Bonchev–Trinajstić information content (AvgIpc) is 2.75. The van der Waals surface area contributed by atoms with Crippen molar-refractivity contribution in [1.82, 2.24) is 15.1 Å². The number of halogens is 1. The molecule has 3 rings (SSSR count). The highest BCUT2D eigenvalue weighted by atomic mass is 19.1. The summed E-state index contributed by atoms with van der Waals surface area (Å²) in [5.41, 5.74) is 6.56. The zero-order valence-electron chi connectivity index (χ0n) is 10.6. The van der Waals surface area contributed by atoms with Crippen LogP contribution < -0.4 is 11.1 Å². The number of hydrogen-bond donors (Lipinski definition) is 2. The summed E-state index contributed by atoms with van der Waals surface area (Å²) in [7, 11) is 0. The molecule has 6 heteroatoms. The Hall–Kier alpha value is -1.82. The fourth-order valence-corrected chi connectivity index (χ4v) is 2.74. The van der Waals surface area contributed by atoms with E-state index in [9.17, 15) is 9.18 Å². The lowest BCUT2D eigenvalue weighted by molar-refractivity contribution is 0.116. The van der Waals surface area contributed by atoms with Gasteiger partial charge in [0.15, 0.2) is 0 Å². The van der Waals surface area contributed by atoms with Crippen molar-refractivity contribution in [3.63, 3.8) is 0 Å². The van der Waals surface area contributed by atoms with Gasteiger partial charge >= 0.3 is 6.03 Å². The maximum Gasteiger partial charge on any atom is 0.317 e. The molecular weight excluding hydrogens is 247 g/mol. The Morgan fingerprint density at radius 1 is 1.42 bits per heavy atom. The van der Waals surface area contributed by atoms with Gasteiger partial charge in [-0.2, -0.15) is 0 Å². The molecule has 2 amide bonds. The smallest absolute Gasteiger partial charge is 0.317 e. The summed E-state index contributed by atoms with van der Waals surface area (Å²) in [5, 5.41) is 2.85. The summed E-state index contributed by atoms with van der Waals surface area (Å²) in [6, 6.07) is 5.20. The van der Waals surface area contributed by atoms with Gasteiger partial charge in [0, 0.05) is 32.7 Å². The van der Waals surface area contributed by atoms with Gasteiger partial charge in [0.2, 0.25) is 0 Å². The monoisotopic (exact) mass is 264 g/mol. The van der Waals surface area contributed by atoms with E-state index in [0.717, 1.165) is 25.2 Å². The van der Waals surface area contributed by atoms with Crippen LogP contribution in [0.25, 0.3) is 0 Å². The number of urea groups is 1. The molecule has 3 N–H and O–H groups in total. The molecule has 2 saturated heterocycles. The molecule has 1 atom stereocenters. The van der Waals surface area contributed by atoms with Gasteiger partial charge in [0.25, 0.3) is 0 Å². The number of carbonyl (C=O) groups excluding carboxylic acids is 1. The number of amides is 2. The number of nitrogens with two attached hydrogens (primary N) is 1. The Morgan fingerprint density at radius 3 is 3.05 bits per heavy atom. The molecule has 0 bridgehead atoms. The summed E-state index contributed by atoms with van der Waals surface area (Å²) >= 11 is 0. The number of anilines is 1. The predicted molar refractivity (Wildman–Crippen MR) is 70.0 cm³/mol. The Balaban J connectivity index is 1.65. The molecule has 1 aromatic rings. The van der Waals surface area contributed by atoms with Gasteiger partial charge in [-0.1, -0.05) is 6.07 Å². The molecule has 1 unspecified atom stereocenters.